The van der Waals surface area contributed by atoms with Crippen molar-refractivity contribution in [2.24, 2.45) is 5.92 Å². The standard InChI is InChI=1S/C13H18Cl2O/c1-9(2)7-13(3,16)8-10-4-5-11(14)12(15)6-10/h4-6,9,16H,7-8H2,1-3H3. The summed E-state index contributed by atoms with van der Waals surface area (Å²) < 4.78 is 0. The molecule has 0 saturated carbocycles. The molecule has 1 nitrogen and oxygen atoms in total. The maximum Gasteiger partial charge on any atom is 0.0662 e. The molecule has 1 N–H and O–H groups in total. The second kappa shape index (κ2) is 5.39. The van der Waals surface area contributed by atoms with Gasteiger partial charge in [0.05, 0.1) is 15.6 Å². The molecule has 16 heavy (non-hydrogen) atoms. The van der Waals surface area contributed by atoms with Crippen LogP contribution in [0.2, 0.25) is 10.0 Å². The Kier molecular flexibility index (Phi) is 4.66. The van der Waals surface area contributed by atoms with Crippen LogP contribution in [-0.4, -0.2) is 10.7 Å². The van der Waals surface area contributed by atoms with E-state index in [0.29, 0.717) is 22.4 Å². The molecule has 0 amide bonds. The van der Waals surface area contributed by atoms with Gasteiger partial charge >= 0.3 is 0 Å². The summed E-state index contributed by atoms with van der Waals surface area (Å²) in [5.74, 6) is 0.470. The van der Waals surface area contributed by atoms with Gasteiger partial charge in [-0.05, 0) is 37.0 Å². The zero-order chi connectivity index (χ0) is 12.3. The van der Waals surface area contributed by atoms with Gasteiger partial charge in [-0.25, -0.2) is 0 Å². The second-order valence-corrected chi connectivity index (χ2v) is 5.83. The van der Waals surface area contributed by atoms with E-state index in [1.54, 1.807) is 6.07 Å². The molecule has 0 saturated heterocycles. The van der Waals surface area contributed by atoms with Crippen LogP contribution in [0.15, 0.2) is 18.2 Å². The van der Waals surface area contributed by atoms with Gasteiger partial charge in [-0.2, -0.15) is 0 Å². The third kappa shape index (κ3) is 4.32. The summed E-state index contributed by atoms with van der Waals surface area (Å²) in [4.78, 5) is 0. The zero-order valence-electron chi connectivity index (χ0n) is 9.93. The number of hydrogen-bond donors (Lipinski definition) is 1. The molecule has 0 aliphatic carbocycles. The number of halogens is 2. The summed E-state index contributed by atoms with van der Waals surface area (Å²) in [5.41, 5.74) is 0.325. The highest BCUT2D eigenvalue weighted by atomic mass is 35.5. The van der Waals surface area contributed by atoms with E-state index in [2.05, 4.69) is 13.8 Å². The Labute approximate surface area is 107 Å². The Morgan fingerprint density at radius 3 is 2.38 bits per heavy atom. The van der Waals surface area contributed by atoms with Crippen LogP contribution in [0.4, 0.5) is 0 Å². The van der Waals surface area contributed by atoms with Crippen LogP contribution >= 0.6 is 23.2 Å². The van der Waals surface area contributed by atoms with E-state index in [0.717, 1.165) is 12.0 Å². The van der Waals surface area contributed by atoms with Gasteiger partial charge in [0.1, 0.15) is 0 Å². The van der Waals surface area contributed by atoms with Gasteiger partial charge in [-0.1, -0.05) is 43.1 Å². The molecular formula is C13H18Cl2O. The minimum absolute atomic E-state index is 0.470. The van der Waals surface area contributed by atoms with E-state index < -0.39 is 5.60 Å². The molecule has 1 aromatic carbocycles. The van der Waals surface area contributed by atoms with Crippen molar-refractivity contribution in [2.75, 3.05) is 0 Å². The molecule has 0 bridgehead atoms. The molecule has 0 aliphatic rings. The van der Waals surface area contributed by atoms with Gasteiger partial charge in [0, 0.05) is 6.42 Å². The monoisotopic (exact) mass is 260 g/mol. The van der Waals surface area contributed by atoms with Crippen LogP contribution in [0.5, 0.6) is 0 Å². The van der Waals surface area contributed by atoms with E-state index in [1.807, 2.05) is 19.1 Å². The fourth-order valence-corrected chi connectivity index (χ4v) is 2.36. The van der Waals surface area contributed by atoms with E-state index in [1.165, 1.54) is 0 Å². The van der Waals surface area contributed by atoms with E-state index in [4.69, 9.17) is 23.2 Å². The van der Waals surface area contributed by atoms with Crippen LogP contribution in [0.3, 0.4) is 0 Å². The maximum absolute atomic E-state index is 10.2. The van der Waals surface area contributed by atoms with Gasteiger partial charge in [-0.15, -0.1) is 0 Å². The summed E-state index contributed by atoms with van der Waals surface area (Å²) in [7, 11) is 0. The van der Waals surface area contributed by atoms with Gasteiger partial charge < -0.3 is 5.11 Å². The highest BCUT2D eigenvalue weighted by molar-refractivity contribution is 6.42. The van der Waals surface area contributed by atoms with Crippen LogP contribution in [-0.2, 0) is 6.42 Å². The first kappa shape index (κ1) is 13.8. The average molecular weight is 261 g/mol. The molecule has 3 heteroatoms. The predicted molar refractivity (Wildman–Crippen MR) is 70.2 cm³/mol. The van der Waals surface area contributed by atoms with Crippen molar-refractivity contribution in [1.82, 2.24) is 0 Å². The summed E-state index contributed by atoms with van der Waals surface area (Å²) in [6, 6.07) is 5.49. The van der Waals surface area contributed by atoms with E-state index in [9.17, 15) is 5.11 Å². The third-order valence-corrected chi connectivity index (χ3v) is 3.16. The molecule has 1 aromatic rings. The Balaban J connectivity index is 2.76. The van der Waals surface area contributed by atoms with Crippen LogP contribution in [0.25, 0.3) is 0 Å². The van der Waals surface area contributed by atoms with Crippen molar-refractivity contribution in [3.05, 3.63) is 33.8 Å². The lowest BCUT2D eigenvalue weighted by Gasteiger charge is -2.25. The molecule has 0 aromatic heterocycles. The normalized spacial score (nSPS) is 15.2. The van der Waals surface area contributed by atoms with Gasteiger partial charge in [-0.3, -0.25) is 0 Å². The second-order valence-electron chi connectivity index (χ2n) is 5.02. The van der Waals surface area contributed by atoms with Crippen molar-refractivity contribution in [3.63, 3.8) is 0 Å². The first-order valence-electron chi connectivity index (χ1n) is 5.46. The van der Waals surface area contributed by atoms with Crippen molar-refractivity contribution in [2.45, 2.75) is 39.2 Å². The van der Waals surface area contributed by atoms with E-state index in [-0.39, 0.29) is 0 Å². The summed E-state index contributed by atoms with van der Waals surface area (Å²) >= 11 is 11.8. The number of hydrogen-bond acceptors (Lipinski definition) is 1. The maximum atomic E-state index is 10.2. The highest BCUT2D eigenvalue weighted by Gasteiger charge is 2.22. The predicted octanol–water partition coefficient (Wildman–Crippen LogP) is 4.33. The van der Waals surface area contributed by atoms with Crippen LogP contribution < -0.4 is 0 Å². The summed E-state index contributed by atoms with van der Waals surface area (Å²) in [6.45, 7) is 6.06. The Morgan fingerprint density at radius 1 is 1.25 bits per heavy atom. The van der Waals surface area contributed by atoms with Gasteiger partial charge in [0.2, 0.25) is 0 Å². The molecule has 0 fully saturated rings. The minimum Gasteiger partial charge on any atom is -0.390 e. The van der Waals surface area contributed by atoms with Crippen molar-refractivity contribution in [1.29, 1.82) is 0 Å². The average Bonchev–Trinajstić information content (AvgIpc) is 2.08. The lowest BCUT2D eigenvalue weighted by atomic mass is 9.88. The molecular weight excluding hydrogens is 243 g/mol. The number of aliphatic hydroxyl groups is 1. The Morgan fingerprint density at radius 2 is 1.88 bits per heavy atom. The summed E-state index contributed by atoms with van der Waals surface area (Å²) in [6.07, 6.45) is 1.37. The van der Waals surface area contributed by atoms with Crippen molar-refractivity contribution in [3.8, 4) is 0 Å². The minimum atomic E-state index is -0.689. The lowest BCUT2D eigenvalue weighted by Crippen LogP contribution is -2.29. The van der Waals surface area contributed by atoms with Gasteiger partial charge in [0.25, 0.3) is 0 Å². The number of benzene rings is 1. The van der Waals surface area contributed by atoms with E-state index >= 15 is 0 Å². The first-order valence-corrected chi connectivity index (χ1v) is 6.22. The third-order valence-electron chi connectivity index (χ3n) is 2.42. The molecule has 1 rings (SSSR count). The molecule has 0 aliphatic heterocycles. The van der Waals surface area contributed by atoms with Crippen molar-refractivity contribution >= 4 is 23.2 Å². The molecule has 0 spiro atoms. The van der Waals surface area contributed by atoms with Gasteiger partial charge in [0.15, 0.2) is 0 Å². The molecule has 1 atom stereocenters. The largest absolute Gasteiger partial charge is 0.390 e. The topological polar surface area (TPSA) is 20.2 Å². The van der Waals surface area contributed by atoms with Crippen LogP contribution in [0, 0.1) is 5.92 Å². The fraction of sp³-hybridized carbons (Fsp3) is 0.538. The van der Waals surface area contributed by atoms with Crippen LogP contribution in [0.1, 0.15) is 32.8 Å². The fourth-order valence-electron chi connectivity index (χ4n) is 2.04. The molecule has 1 unspecified atom stereocenters. The first-order chi connectivity index (χ1) is 7.30. The lowest BCUT2D eigenvalue weighted by molar-refractivity contribution is 0.0388. The molecule has 90 valence electrons. The molecule has 0 heterocycles. The van der Waals surface area contributed by atoms with Crippen molar-refractivity contribution < 1.29 is 5.11 Å². The summed E-state index contributed by atoms with van der Waals surface area (Å²) in [5, 5.41) is 11.3. The molecule has 0 radical (unpaired) electrons. The Bertz CT molecular complexity index is 359. The zero-order valence-corrected chi connectivity index (χ0v) is 11.4. The smallest absolute Gasteiger partial charge is 0.0662 e. The highest BCUT2D eigenvalue weighted by Crippen LogP contribution is 2.26. The quantitative estimate of drug-likeness (QED) is 0.855. The number of rotatable bonds is 4. The SMILES string of the molecule is CC(C)CC(C)(O)Cc1ccc(Cl)c(Cl)c1. The Hall–Kier alpha value is -0.240.